The van der Waals surface area contributed by atoms with E-state index in [0.717, 1.165) is 23.2 Å². The maximum Gasteiger partial charge on any atom is 0.255 e. The van der Waals surface area contributed by atoms with Gasteiger partial charge in [0.25, 0.3) is 5.91 Å². The van der Waals surface area contributed by atoms with E-state index in [1.807, 2.05) is 42.5 Å². The zero-order valence-corrected chi connectivity index (χ0v) is 13.3. The molecule has 1 amide bonds. The molecule has 1 aliphatic heterocycles. The molecule has 0 radical (unpaired) electrons. The predicted molar refractivity (Wildman–Crippen MR) is 90.0 cm³/mol. The molecule has 1 fully saturated rings. The Kier molecular flexibility index (Phi) is 4.25. The van der Waals surface area contributed by atoms with Crippen LogP contribution in [0.2, 0.25) is 0 Å². The number of nitrogens with zero attached hydrogens (tertiary/aromatic N) is 1. The molecule has 0 saturated carbocycles. The van der Waals surface area contributed by atoms with Gasteiger partial charge in [-0.25, -0.2) is 0 Å². The molecule has 1 saturated heterocycles. The standard InChI is InChI=1S/C17H17BrN2O/c18-14-8-6-13(7-9-14)17(21)19-15-4-3-5-16(12-15)20-10-1-2-11-20/h3-9,12H,1-2,10-11H2,(H,19,21). The molecule has 0 aromatic heterocycles. The van der Waals surface area contributed by atoms with Crippen LogP contribution < -0.4 is 10.2 Å². The van der Waals surface area contributed by atoms with E-state index in [1.165, 1.54) is 18.5 Å². The fourth-order valence-electron chi connectivity index (χ4n) is 2.56. The van der Waals surface area contributed by atoms with Gasteiger partial charge in [-0.15, -0.1) is 0 Å². The number of carbonyl (C=O) groups is 1. The molecule has 2 aromatic carbocycles. The summed E-state index contributed by atoms with van der Waals surface area (Å²) in [5.41, 5.74) is 2.68. The van der Waals surface area contributed by atoms with Crippen LogP contribution >= 0.6 is 15.9 Å². The van der Waals surface area contributed by atoms with Gasteiger partial charge in [0.2, 0.25) is 0 Å². The van der Waals surface area contributed by atoms with Crippen molar-refractivity contribution in [2.24, 2.45) is 0 Å². The van der Waals surface area contributed by atoms with Gasteiger partial charge in [-0.05, 0) is 55.3 Å². The minimum absolute atomic E-state index is 0.0823. The van der Waals surface area contributed by atoms with Gasteiger partial charge in [-0.1, -0.05) is 22.0 Å². The smallest absolute Gasteiger partial charge is 0.255 e. The fraction of sp³-hybridized carbons (Fsp3) is 0.235. The van der Waals surface area contributed by atoms with E-state index in [1.54, 1.807) is 0 Å². The lowest BCUT2D eigenvalue weighted by molar-refractivity contribution is 0.102. The fourth-order valence-corrected chi connectivity index (χ4v) is 2.82. The van der Waals surface area contributed by atoms with Crippen molar-refractivity contribution < 1.29 is 4.79 Å². The van der Waals surface area contributed by atoms with E-state index >= 15 is 0 Å². The summed E-state index contributed by atoms with van der Waals surface area (Å²) in [5, 5.41) is 2.96. The minimum Gasteiger partial charge on any atom is -0.371 e. The molecule has 0 aliphatic carbocycles. The molecule has 4 heteroatoms. The molecule has 1 aliphatic rings. The second-order valence-electron chi connectivity index (χ2n) is 5.21. The highest BCUT2D eigenvalue weighted by Crippen LogP contribution is 2.23. The summed E-state index contributed by atoms with van der Waals surface area (Å²) >= 11 is 3.37. The first-order valence-electron chi connectivity index (χ1n) is 7.14. The molecule has 3 rings (SSSR count). The molecule has 2 aromatic rings. The number of hydrogen-bond donors (Lipinski definition) is 1. The Hall–Kier alpha value is -1.81. The van der Waals surface area contributed by atoms with E-state index in [4.69, 9.17) is 0 Å². The van der Waals surface area contributed by atoms with Crippen molar-refractivity contribution >= 4 is 33.2 Å². The van der Waals surface area contributed by atoms with Crippen LogP contribution in [-0.2, 0) is 0 Å². The van der Waals surface area contributed by atoms with Crippen molar-refractivity contribution in [1.82, 2.24) is 0 Å². The maximum atomic E-state index is 12.2. The maximum absolute atomic E-state index is 12.2. The van der Waals surface area contributed by atoms with Crippen molar-refractivity contribution in [2.75, 3.05) is 23.3 Å². The summed E-state index contributed by atoms with van der Waals surface area (Å²) in [7, 11) is 0. The molecule has 0 bridgehead atoms. The van der Waals surface area contributed by atoms with Gasteiger partial charge >= 0.3 is 0 Å². The molecule has 21 heavy (non-hydrogen) atoms. The minimum atomic E-state index is -0.0823. The summed E-state index contributed by atoms with van der Waals surface area (Å²) in [4.78, 5) is 14.6. The third kappa shape index (κ3) is 3.45. The Labute approximate surface area is 133 Å². The normalized spacial score (nSPS) is 14.2. The molecular weight excluding hydrogens is 328 g/mol. The molecule has 0 unspecified atom stereocenters. The highest BCUT2D eigenvalue weighted by Gasteiger charge is 2.13. The third-order valence-corrected chi connectivity index (χ3v) is 4.21. The number of hydrogen-bond acceptors (Lipinski definition) is 2. The van der Waals surface area contributed by atoms with E-state index < -0.39 is 0 Å². The summed E-state index contributed by atoms with van der Waals surface area (Å²) in [5.74, 6) is -0.0823. The van der Waals surface area contributed by atoms with Gasteiger partial charge in [0.15, 0.2) is 0 Å². The number of benzene rings is 2. The highest BCUT2D eigenvalue weighted by molar-refractivity contribution is 9.10. The summed E-state index contributed by atoms with van der Waals surface area (Å²) < 4.78 is 0.968. The Morgan fingerprint density at radius 2 is 1.76 bits per heavy atom. The Bertz CT molecular complexity index is 633. The second-order valence-corrected chi connectivity index (χ2v) is 6.12. The van der Waals surface area contributed by atoms with Crippen molar-refractivity contribution in [3.05, 3.63) is 58.6 Å². The van der Waals surface area contributed by atoms with Crippen LogP contribution in [0.1, 0.15) is 23.2 Å². The first-order valence-corrected chi connectivity index (χ1v) is 7.93. The van der Waals surface area contributed by atoms with Gasteiger partial charge in [0.05, 0.1) is 0 Å². The summed E-state index contributed by atoms with van der Waals surface area (Å²) in [6.45, 7) is 2.20. The largest absolute Gasteiger partial charge is 0.371 e. The topological polar surface area (TPSA) is 32.3 Å². The van der Waals surface area contributed by atoms with Crippen LogP contribution in [0, 0.1) is 0 Å². The Balaban J connectivity index is 1.73. The van der Waals surface area contributed by atoms with E-state index in [-0.39, 0.29) is 5.91 Å². The van der Waals surface area contributed by atoms with Gasteiger partial charge < -0.3 is 10.2 Å². The number of halogens is 1. The van der Waals surface area contributed by atoms with Crippen LogP contribution in [0.25, 0.3) is 0 Å². The average Bonchev–Trinajstić information content (AvgIpc) is 3.02. The zero-order chi connectivity index (χ0) is 14.7. The molecule has 1 N–H and O–H groups in total. The molecule has 108 valence electrons. The summed E-state index contributed by atoms with van der Waals surface area (Å²) in [6, 6.07) is 15.4. The summed E-state index contributed by atoms with van der Waals surface area (Å²) in [6.07, 6.45) is 2.49. The van der Waals surface area contributed by atoms with Crippen LogP contribution in [-0.4, -0.2) is 19.0 Å². The van der Waals surface area contributed by atoms with Gasteiger partial charge in [-0.3, -0.25) is 4.79 Å². The van der Waals surface area contributed by atoms with Crippen molar-refractivity contribution in [3.8, 4) is 0 Å². The molecule has 1 heterocycles. The molecule has 3 nitrogen and oxygen atoms in total. The number of nitrogens with one attached hydrogen (secondary N) is 1. The van der Waals surface area contributed by atoms with Crippen LogP contribution in [0.4, 0.5) is 11.4 Å². The monoisotopic (exact) mass is 344 g/mol. The van der Waals surface area contributed by atoms with Crippen molar-refractivity contribution in [2.45, 2.75) is 12.8 Å². The first kappa shape index (κ1) is 14.1. The second kappa shape index (κ2) is 6.31. The lowest BCUT2D eigenvalue weighted by atomic mass is 10.2. The SMILES string of the molecule is O=C(Nc1cccc(N2CCCC2)c1)c1ccc(Br)cc1. The predicted octanol–water partition coefficient (Wildman–Crippen LogP) is 4.30. The average molecular weight is 345 g/mol. The Morgan fingerprint density at radius 3 is 2.48 bits per heavy atom. The van der Waals surface area contributed by atoms with Gasteiger partial charge in [0, 0.05) is 34.5 Å². The van der Waals surface area contributed by atoms with Crippen molar-refractivity contribution in [3.63, 3.8) is 0 Å². The van der Waals surface area contributed by atoms with Crippen LogP contribution in [0.3, 0.4) is 0 Å². The third-order valence-electron chi connectivity index (χ3n) is 3.68. The highest BCUT2D eigenvalue weighted by atomic mass is 79.9. The number of amides is 1. The number of carbonyl (C=O) groups excluding carboxylic acids is 1. The van der Waals surface area contributed by atoms with Crippen molar-refractivity contribution in [1.29, 1.82) is 0 Å². The zero-order valence-electron chi connectivity index (χ0n) is 11.7. The van der Waals surface area contributed by atoms with E-state index in [0.29, 0.717) is 5.56 Å². The lowest BCUT2D eigenvalue weighted by Crippen LogP contribution is -2.18. The van der Waals surface area contributed by atoms with Crippen LogP contribution in [0.5, 0.6) is 0 Å². The molecular formula is C17H17BrN2O. The quantitative estimate of drug-likeness (QED) is 0.900. The van der Waals surface area contributed by atoms with Gasteiger partial charge in [-0.2, -0.15) is 0 Å². The number of rotatable bonds is 3. The van der Waals surface area contributed by atoms with E-state index in [2.05, 4.69) is 32.2 Å². The van der Waals surface area contributed by atoms with Gasteiger partial charge in [0.1, 0.15) is 0 Å². The lowest BCUT2D eigenvalue weighted by Gasteiger charge is -2.18. The molecule has 0 atom stereocenters. The first-order chi connectivity index (χ1) is 10.2. The number of anilines is 2. The van der Waals surface area contributed by atoms with E-state index in [9.17, 15) is 4.79 Å². The van der Waals surface area contributed by atoms with Crippen LogP contribution in [0.15, 0.2) is 53.0 Å². The Morgan fingerprint density at radius 1 is 1.05 bits per heavy atom. The molecule has 0 spiro atoms.